The van der Waals surface area contributed by atoms with Gasteiger partial charge < -0.3 is 10.5 Å². The van der Waals surface area contributed by atoms with Gasteiger partial charge in [0.15, 0.2) is 0 Å². The smallest absolute Gasteiger partial charge is 0.389 e. The number of fused-ring (bicyclic) bond motifs is 1. The summed E-state index contributed by atoms with van der Waals surface area (Å²) in [5.74, 6) is 0.347. The highest BCUT2D eigenvalue weighted by atomic mass is 19.4. The molecule has 0 saturated heterocycles. The highest BCUT2D eigenvalue weighted by molar-refractivity contribution is 5.89. The van der Waals surface area contributed by atoms with Gasteiger partial charge in [0.05, 0.1) is 6.61 Å². The average molecular weight is 284 g/mol. The van der Waals surface area contributed by atoms with E-state index in [9.17, 15) is 13.2 Å². The first-order chi connectivity index (χ1) is 9.51. The molecule has 0 amide bonds. The molecule has 3 nitrogen and oxygen atoms in total. The van der Waals surface area contributed by atoms with Gasteiger partial charge in [-0.1, -0.05) is 18.2 Å². The predicted molar refractivity (Wildman–Crippen MR) is 70.4 cm³/mol. The highest BCUT2D eigenvalue weighted by Gasteiger charge is 2.26. The average Bonchev–Trinajstić information content (AvgIpc) is 2.42. The molecule has 2 N–H and O–H groups in total. The van der Waals surface area contributed by atoms with Gasteiger partial charge in [-0.3, -0.25) is 0 Å². The number of nitrogens with zero attached hydrogens (tertiary/aromatic N) is 1. The molecule has 0 aliphatic rings. The number of halogens is 3. The fraction of sp³-hybridized carbons (Fsp3) is 0.357. The van der Waals surface area contributed by atoms with Crippen molar-refractivity contribution in [2.45, 2.75) is 25.6 Å². The minimum atomic E-state index is -4.15. The Hall–Kier alpha value is -1.82. The van der Waals surface area contributed by atoms with Crippen molar-refractivity contribution in [3.63, 3.8) is 0 Å². The molecule has 108 valence electrons. The van der Waals surface area contributed by atoms with Crippen LogP contribution in [0.3, 0.4) is 0 Å². The molecule has 0 atom stereocenters. The van der Waals surface area contributed by atoms with Gasteiger partial charge in [0.25, 0.3) is 0 Å². The monoisotopic (exact) mass is 284 g/mol. The summed E-state index contributed by atoms with van der Waals surface area (Å²) in [4.78, 5) is 4.13. The summed E-state index contributed by atoms with van der Waals surface area (Å²) in [7, 11) is 0. The van der Waals surface area contributed by atoms with E-state index in [2.05, 4.69) is 4.98 Å². The van der Waals surface area contributed by atoms with Crippen LogP contribution >= 0.6 is 0 Å². The Bertz CT molecular complexity index is 584. The molecule has 1 heterocycles. The molecule has 0 spiro atoms. The van der Waals surface area contributed by atoms with Crippen LogP contribution in [0.15, 0.2) is 30.5 Å². The van der Waals surface area contributed by atoms with Crippen molar-refractivity contribution in [3.8, 4) is 5.88 Å². The summed E-state index contributed by atoms with van der Waals surface area (Å²) >= 11 is 0. The van der Waals surface area contributed by atoms with Crippen molar-refractivity contribution in [3.05, 3.63) is 36.0 Å². The first kappa shape index (κ1) is 14.6. The van der Waals surface area contributed by atoms with E-state index in [1.807, 2.05) is 24.3 Å². The fourth-order valence-corrected chi connectivity index (χ4v) is 1.94. The zero-order valence-electron chi connectivity index (χ0n) is 10.8. The normalized spacial score (nSPS) is 11.8. The zero-order chi connectivity index (χ0) is 14.6. The Morgan fingerprint density at radius 2 is 1.85 bits per heavy atom. The topological polar surface area (TPSA) is 48.1 Å². The number of nitrogens with two attached hydrogens (primary N) is 1. The van der Waals surface area contributed by atoms with Crippen LogP contribution in [0.5, 0.6) is 5.88 Å². The summed E-state index contributed by atoms with van der Waals surface area (Å²) in [6.07, 6.45) is -3.49. The predicted octanol–water partition coefficient (Wildman–Crippen LogP) is 3.41. The van der Waals surface area contributed by atoms with Gasteiger partial charge in [-0.25, -0.2) is 4.98 Å². The van der Waals surface area contributed by atoms with E-state index in [0.29, 0.717) is 12.4 Å². The van der Waals surface area contributed by atoms with Crippen LogP contribution in [0.2, 0.25) is 0 Å². The molecule has 0 fully saturated rings. The van der Waals surface area contributed by atoms with E-state index in [1.165, 1.54) is 0 Å². The van der Waals surface area contributed by atoms with Crippen LogP contribution in [-0.4, -0.2) is 17.8 Å². The van der Waals surface area contributed by atoms with E-state index < -0.39 is 12.6 Å². The van der Waals surface area contributed by atoms with Crippen LogP contribution in [0.1, 0.15) is 18.4 Å². The Balaban J connectivity index is 2.11. The van der Waals surface area contributed by atoms with Gasteiger partial charge in [0.1, 0.15) is 0 Å². The molecular formula is C14H15F3N2O. The first-order valence-corrected chi connectivity index (χ1v) is 6.27. The third-order valence-electron chi connectivity index (χ3n) is 2.90. The molecule has 1 aromatic carbocycles. The molecule has 0 aliphatic carbocycles. The van der Waals surface area contributed by atoms with E-state index >= 15 is 0 Å². The maximum Gasteiger partial charge on any atom is 0.389 e. The fourth-order valence-electron chi connectivity index (χ4n) is 1.94. The molecule has 2 rings (SSSR count). The molecule has 2 aromatic rings. The van der Waals surface area contributed by atoms with Gasteiger partial charge in [-0.2, -0.15) is 13.2 Å². The van der Waals surface area contributed by atoms with Crippen molar-refractivity contribution < 1.29 is 17.9 Å². The summed E-state index contributed by atoms with van der Waals surface area (Å²) in [5, 5.41) is 1.68. The largest absolute Gasteiger partial charge is 0.477 e. The Kier molecular flexibility index (Phi) is 4.44. The van der Waals surface area contributed by atoms with Crippen molar-refractivity contribution in [1.82, 2.24) is 4.98 Å². The van der Waals surface area contributed by atoms with E-state index in [4.69, 9.17) is 10.5 Å². The maximum atomic E-state index is 12.0. The first-order valence-electron chi connectivity index (χ1n) is 6.27. The minimum Gasteiger partial charge on any atom is -0.477 e. The molecule has 0 aliphatic heterocycles. The van der Waals surface area contributed by atoms with Gasteiger partial charge in [0, 0.05) is 24.5 Å². The molecular weight excluding hydrogens is 269 g/mol. The second kappa shape index (κ2) is 6.09. The van der Waals surface area contributed by atoms with E-state index in [0.717, 1.165) is 16.3 Å². The second-order valence-corrected chi connectivity index (χ2v) is 4.41. The lowest BCUT2D eigenvalue weighted by Crippen LogP contribution is -2.10. The number of alkyl halides is 3. The summed E-state index contributed by atoms with van der Waals surface area (Å²) in [5.41, 5.74) is 6.51. The SMILES string of the molecule is NCc1cnc(OCCCC(F)(F)F)c2ccccc12. The van der Waals surface area contributed by atoms with Crippen molar-refractivity contribution >= 4 is 10.8 Å². The minimum absolute atomic E-state index is 0.0154. The van der Waals surface area contributed by atoms with Gasteiger partial charge in [-0.15, -0.1) is 0 Å². The molecule has 1 aromatic heterocycles. The Morgan fingerprint density at radius 3 is 2.50 bits per heavy atom. The summed E-state index contributed by atoms with van der Waals surface area (Å²) in [6, 6.07) is 7.41. The van der Waals surface area contributed by atoms with E-state index in [-0.39, 0.29) is 13.0 Å². The number of rotatable bonds is 5. The number of pyridine rings is 1. The van der Waals surface area contributed by atoms with Crippen molar-refractivity contribution in [2.24, 2.45) is 5.73 Å². The van der Waals surface area contributed by atoms with Crippen molar-refractivity contribution in [1.29, 1.82) is 0 Å². The van der Waals surface area contributed by atoms with Crippen molar-refractivity contribution in [2.75, 3.05) is 6.61 Å². The Labute approximate surface area is 114 Å². The molecule has 20 heavy (non-hydrogen) atoms. The number of hydrogen-bond acceptors (Lipinski definition) is 3. The van der Waals surface area contributed by atoms with Gasteiger partial charge in [-0.05, 0) is 23.4 Å². The third-order valence-corrected chi connectivity index (χ3v) is 2.90. The Morgan fingerprint density at radius 1 is 1.15 bits per heavy atom. The van der Waals surface area contributed by atoms with Crippen LogP contribution in [0, 0.1) is 0 Å². The summed E-state index contributed by atoms with van der Waals surface area (Å²) in [6.45, 7) is 0.334. The van der Waals surface area contributed by atoms with E-state index in [1.54, 1.807) is 6.20 Å². The standard InChI is InChI=1S/C14H15F3N2O/c15-14(16,17)6-3-7-20-13-12-5-2-1-4-11(12)10(8-18)9-19-13/h1-2,4-5,9H,3,6-8,18H2. The lowest BCUT2D eigenvalue weighted by Gasteiger charge is -2.11. The zero-order valence-corrected chi connectivity index (χ0v) is 10.8. The quantitative estimate of drug-likeness (QED) is 0.856. The maximum absolute atomic E-state index is 12.0. The van der Waals surface area contributed by atoms with Gasteiger partial charge >= 0.3 is 6.18 Å². The number of aromatic nitrogens is 1. The highest BCUT2D eigenvalue weighted by Crippen LogP contribution is 2.26. The lowest BCUT2D eigenvalue weighted by molar-refractivity contribution is -0.136. The summed E-state index contributed by atoms with van der Waals surface area (Å²) < 4.78 is 41.5. The third kappa shape index (κ3) is 3.60. The molecule has 0 radical (unpaired) electrons. The lowest BCUT2D eigenvalue weighted by atomic mass is 10.1. The number of benzene rings is 1. The molecule has 0 bridgehead atoms. The number of ether oxygens (including phenoxy) is 1. The molecule has 0 saturated carbocycles. The molecule has 0 unspecified atom stereocenters. The van der Waals surface area contributed by atoms with Crippen LogP contribution in [-0.2, 0) is 6.54 Å². The second-order valence-electron chi connectivity index (χ2n) is 4.41. The van der Waals surface area contributed by atoms with Crippen LogP contribution in [0.25, 0.3) is 10.8 Å². The molecule has 6 heteroatoms. The van der Waals surface area contributed by atoms with Crippen LogP contribution < -0.4 is 10.5 Å². The van der Waals surface area contributed by atoms with Crippen LogP contribution in [0.4, 0.5) is 13.2 Å². The number of hydrogen-bond donors (Lipinski definition) is 1. The van der Waals surface area contributed by atoms with Gasteiger partial charge in [0.2, 0.25) is 5.88 Å².